The van der Waals surface area contributed by atoms with E-state index in [0.717, 1.165) is 19.6 Å². The number of aliphatic imine (C=N–C) groups is 1. The van der Waals surface area contributed by atoms with Crippen LogP contribution in [0.5, 0.6) is 0 Å². The molecule has 0 spiro atoms. The van der Waals surface area contributed by atoms with Crippen LogP contribution in [-0.2, 0) is 4.79 Å². The van der Waals surface area contributed by atoms with Gasteiger partial charge in [-0.25, -0.2) is 0 Å². The molecule has 0 aliphatic carbocycles. The molecular formula is C15H34IN5O. The van der Waals surface area contributed by atoms with Crippen molar-refractivity contribution in [3.63, 3.8) is 0 Å². The van der Waals surface area contributed by atoms with Crippen molar-refractivity contribution in [1.82, 2.24) is 20.9 Å². The number of amides is 1. The lowest BCUT2D eigenvalue weighted by molar-refractivity contribution is -0.121. The fraction of sp³-hybridized carbons (Fsp3) is 0.867. The van der Waals surface area contributed by atoms with Crippen LogP contribution in [0.15, 0.2) is 4.99 Å². The summed E-state index contributed by atoms with van der Waals surface area (Å²) in [4.78, 5) is 18.1. The Morgan fingerprint density at radius 1 is 1.18 bits per heavy atom. The molecule has 0 aromatic heterocycles. The van der Waals surface area contributed by atoms with Gasteiger partial charge in [0.05, 0.1) is 6.54 Å². The summed E-state index contributed by atoms with van der Waals surface area (Å²) in [6.45, 7) is 11.2. The zero-order chi connectivity index (χ0) is 16.3. The molecular weight excluding hydrogens is 393 g/mol. The SMILES string of the molecule is CCCCN(C)CCNC(=NC)NCC(=O)NC(C)(C)C.I. The quantitative estimate of drug-likeness (QED) is 0.311. The average molecular weight is 427 g/mol. The summed E-state index contributed by atoms with van der Waals surface area (Å²) in [5.41, 5.74) is -0.211. The van der Waals surface area contributed by atoms with Crippen LogP contribution >= 0.6 is 24.0 Å². The first-order chi connectivity index (χ1) is 9.78. The van der Waals surface area contributed by atoms with Crippen molar-refractivity contribution >= 4 is 35.8 Å². The number of unbranched alkanes of at least 4 members (excludes halogenated alkanes) is 1. The molecule has 0 heterocycles. The van der Waals surface area contributed by atoms with E-state index in [2.05, 4.69) is 39.8 Å². The van der Waals surface area contributed by atoms with Crippen molar-refractivity contribution in [3.8, 4) is 0 Å². The molecule has 0 rings (SSSR count). The second-order valence-electron chi connectivity index (χ2n) is 6.31. The molecule has 132 valence electrons. The molecule has 3 N–H and O–H groups in total. The van der Waals surface area contributed by atoms with Gasteiger partial charge in [0.15, 0.2) is 5.96 Å². The zero-order valence-electron chi connectivity index (χ0n) is 15.0. The fourth-order valence-corrected chi connectivity index (χ4v) is 1.75. The van der Waals surface area contributed by atoms with E-state index >= 15 is 0 Å². The number of hydrogen-bond acceptors (Lipinski definition) is 3. The average Bonchev–Trinajstić information content (AvgIpc) is 2.38. The number of carbonyl (C=O) groups excluding carboxylic acids is 1. The standard InChI is InChI=1S/C15H33N5O.HI/c1-7-8-10-20(6)11-9-17-14(16-5)18-12-13(21)19-15(2,3)4;/h7-12H2,1-6H3,(H,19,21)(H2,16,17,18);1H. The molecule has 0 saturated carbocycles. The van der Waals surface area contributed by atoms with Crippen molar-refractivity contribution in [2.75, 3.05) is 40.3 Å². The number of carbonyl (C=O) groups is 1. The van der Waals surface area contributed by atoms with E-state index in [1.54, 1.807) is 7.05 Å². The predicted octanol–water partition coefficient (Wildman–Crippen LogP) is 1.42. The van der Waals surface area contributed by atoms with Gasteiger partial charge in [0.1, 0.15) is 0 Å². The molecule has 22 heavy (non-hydrogen) atoms. The number of hydrogen-bond donors (Lipinski definition) is 3. The highest BCUT2D eigenvalue weighted by Crippen LogP contribution is 1.97. The zero-order valence-corrected chi connectivity index (χ0v) is 17.3. The molecule has 1 amide bonds. The van der Waals surface area contributed by atoms with E-state index in [1.165, 1.54) is 12.8 Å². The van der Waals surface area contributed by atoms with Gasteiger partial charge in [-0.1, -0.05) is 13.3 Å². The summed E-state index contributed by atoms with van der Waals surface area (Å²) in [5, 5.41) is 9.13. The van der Waals surface area contributed by atoms with Gasteiger partial charge in [-0.3, -0.25) is 9.79 Å². The predicted molar refractivity (Wildman–Crippen MR) is 105 cm³/mol. The van der Waals surface area contributed by atoms with E-state index in [-0.39, 0.29) is 42.0 Å². The van der Waals surface area contributed by atoms with Crippen LogP contribution < -0.4 is 16.0 Å². The first kappa shape index (κ1) is 23.7. The maximum Gasteiger partial charge on any atom is 0.239 e. The number of halogens is 1. The van der Waals surface area contributed by atoms with Crippen LogP contribution in [0.3, 0.4) is 0 Å². The Labute approximate surface area is 152 Å². The summed E-state index contributed by atoms with van der Waals surface area (Å²) >= 11 is 0. The second kappa shape index (κ2) is 12.9. The largest absolute Gasteiger partial charge is 0.355 e. The van der Waals surface area contributed by atoms with Gasteiger partial charge in [-0.05, 0) is 40.8 Å². The number of nitrogens with one attached hydrogen (secondary N) is 3. The van der Waals surface area contributed by atoms with Gasteiger partial charge in [0.2, 0.25) is 5.91 Å². The van der Waals surface area contributed by atoms with Gasteiger partial charge in [0.25, 0.3) is 0 Å². The summed E-state index contributed by atoms with van der Waals surface area (Å²) in [5.74, 6) is 0.619. The Balaban J connectivity index is 0. The Hall–Kier alpha value is -0.570. The lowest BCUT2D eigenvalue weighted by Crippen LogP contribution is -2.48. The molecule has 0 aliphatic rings. The van der Waals surface area contributed by atoms with Gasteiger partial charge in [-0.2, -0.15) is 0 Å². The summed E-state index contributed by atoms with van der Waals surface area (Å²) in [7, 11) is 3.82. The number of rotatable bonds is 8. The van der Waals surface area contributed by atoms with Gasteiger partial charge in [-0.15, -0.1) is 24.0 Å². The van der Waals surface area contributed by atoms with Crippen LogP contribution in [0.4, 0.5) is 0 Å². The van der Waals surface area contributed by atoms with Gasteiger partial charge >= 0.3 is 0 Å². The maximum atomic E-state index is 11.7. The summed E-state index contributed by atoms with van der Waals surface area (Å²) in [6, 6.07) is 0. The van der Waals surface area contributed by atoms with E-state index in [4.69, 9.17) is 0 Å². The summed E-state index contributed by atoms with van der Waals surface area (Å²) in [6.07, 6.45) is 2.43. The Kier molecular flexibility index (Phi) is 13.9. The minimum absolute atomic E-state index is 0. The van der Waals surface area contributed by atoms with E-state index in [0.29, 0.717) is 5.96 Å². The minimum Gasteiger partial charge on any atom is -0.355 e. The maximum absolute atomic E-state index is 11.7. The first-order valence-corrected chi connectivity index (χ1v) is 7.72. The smallest absolute Gasteiger partial charge is 0.239 e. The third-order valence-electron chi connectivity index (χ3n) is 2.83. The first-order valence-electron chi connectivity index (χ1n) is 7.72. The lowest BCUT2D eigenvalue weighted by atomic mass is 10.1. The monoisotopic (exact) mass is 427 g/mol. The van der Waals surface area contributed by atoms with Gasteiger partial charge in [0, 0.05) is 25.7 Å². The van der Waals surface area contributed by atoms with Crippen molar-refractivity contribution in [2.24, 2.45) is 4.99 Å². The molecule has 0 unspecified atom stereocenters. The molecule has 0 aromatic carbocycles. The minimum atomic E-state index is -0.211. The Bertz CT molecular complexity index is 328. The van der Waals surface area contributed by atoms with Crippen LogP contribution in [0.25, 0.3) is 0 Å². The van der Waals surface area contributed by atoms with Crippen LogP contribution in [0.1, 0.15) is 40.5 Å². The topological polar surface area (TPSA) is 68.8 Å². The number of likely N-dealkylation sites (N-methyl/N-ethyl adjacent to an activating group) is 1. The fourth-order valence-electron chi connectivity index (χ4n) is 1.75. The van der Waals surface area contributed by atoms with E-state index in [1.807, 2.05) is 20.8 Å². The number of guanidine groups is 1. The highest BCUT2D eigenvalue weighted by atomic mass is 127. The van der Waals surface area contributed by atoms with Crippen LogP contribution in [-0.4, -0.2) is 62.6 Å². The van der Waals surface area contributed by atoms with E-state index in [9.17, 15) is 4.79 Å². The molecule has 0 aromatic rings. The number of nitrogens with zero attached hydrogens (tertiary/aromatic N) is 2. The van der Waals surface area contributed by atoms with Crippen LogP contribution in [0.2, 0.25) is 0 Å². The molecule has 0 bridgehead atoms. The van der Waals surface area contributed by atoms with Gasteiger partial charge < -0.3 is 20.9 Å². The summed E-state index contributed by atoms with van der Waals surface area (Å²) < 4.78 is 0. The molecule has 0 saturated heterocycles. The Morgan fingerprint density at radius 3 is 2.32 bits per heavy atom. The highest BCUT2D eigenvalue weighted by Gasteiger charge is 2.13. The van der Waals surface area contributed by atoms with Crippen molar-refractivity contribution in [1.29, 1.82) is 0 Å². The molecule has 0 radical (unpaired) electrons. The molecule has 6 nitrogen and oxygen atoms in total. The normalized spacial score (nSPS) is 11.9. The second-order valence-corrected chi connectivity index (χ2v) is 6.31. The van der Waals surface area contributed by atoms with Crippen molar-refractivity contribution < 1.29 is 4.79 Å². The molecule has 0 fully saturated rings. The third-order valence-corrected chi connectivity index (χ3v) is 2.83. The Morgan fingerprint density at radius 2 is 1.82 bits per heavy atom. The molecule has 7 heteroatoms. The van der Waals surface area contributed by atoms with Crippen molar-refractivity contribution in [3.05, 3.63) is 0 Å². The molecule has 0 atom stereocenters. The third kappa shape index (κ3) is 14.4. The molecule has 0 aliphatic heterocycles. The van der Waals surface area contributed by atoms with Crippen LogP contribution in [0, 0.1) is 0 Å². The van der Waals surface area contributed by atoms with Crippen molar-refractivity contribution in [2.45, 2.75) is 46.1 Å². The highest BCUT2D eigenvalue weighted by molar-refractivity contribution is 14.0. The lowest BCUT2D eigenvalue weighted by Gasteiger charge is -2.21. The van der Waals surface area contributed by atoms with E-state index < -0.39 is 0 Å².